The number of hydrogen-bond acceptors (Lipinski definition) is 6. The lowest BCUT2D eigenvalue weighted by atomic mass is 10.4. The first-order valence-electron chi connectivity index (χ1n) is 4.48. The maximum atomic E-state index is 11.1. The molecule has 1 saturated heterocycles. The molecule has 8 heteroatoms. The van der Waals surface area contributed by atoms with Gasteiger partial charge in [-0.15, -0.1) is 0 Å². The summed E-state index contributed by atoms with van der Waals surface area (Å²) in [6, 6.07) is 2.72. The Labute approximate surface area is 89.9 Å². The number of ether oxygens (including phenoxy) is 1. The summed E-state index contributed by atoms with van der Waals surface area (Å²) < 4.78 is 4.69. The number of nitro groups is 1. The van der Waals surface area contributed by atoms with Gasteiger partial charge in [-0.05, 0) is 6.07 Å². The molecular formula is C8H8N4O4. The highest BCUT2D eigenvalue weighted by Crippen LogP contribution is 2.13. The summed E-state index contributed by atoms with van der Waals surface area (Å²) in [7, 11) is 0. The van der Waals surface area contributed by atoms with Gasteiger partial charge in [0, 0.05) is 6.07 Å². The van der Waals surface area contributed by atoms with Gasteiger partial charge in [-0.25, -0.2) is 14.8 Å². The van der Waals surface area contributed by atoms with Gasteiger partial charge in [0.1, 0.15) is 18.6 Å². The van der Waals surface area contributed by atoms with Crippen LogP contribution in [-0.2, 0) is 4.74 Å². The van der Waals surface area contributed by atoms with Crippen molar-refractivity contribution in [3.63, 3.8) is 0 Å². The second-order valence-corrected chi connectivity index (χ2v) is 3.04. The van der Waals surface area contributed by atoms with E-state index in [1.807, 2.05) is 0 Å². The summed E-state index contributed by atoms with van der Waals surface area (Å²) >= 11 is 0. The summed E-state index contributed by atoms with van der Waals surface area (Å²) in [5.41, 5.74) is 2.58. The Bertz CT molecular complexity index is 419. The molecule has 2 rings (SSSR count). The van der Waals surface area contributed by atoms with E-state index in [2.05, 4.69) is 15.1 Å². The predicted molar refractivity (Wildman–Crippen MR) is 52.6 cm³/mol. The molecule has 0 spiro atoms. The second-order valence-electron chi connectivity index (χ2n) is 3.04. The molecule has 0 unspecified atom stereocenters. The number of nitrogens with one attached hydrogen (secondary N) is 1. The smallest absolute Gasteiger partial charge is 0.428 e. The molecule has 1 N–H and O–H groups in total. The van der Waals surface area contributed by atoms with E-state index in [1.165, 1.54) is 17.1 Å². The van der Waals surface area contributed by atoms with E-state index in [0.717, 1.165) is 6.20 Å². The van der Waals surface area contributed by atoms with Crippen LogP contribution in [0.3, 0.4) is 0 Å². The molecule has 1 amide bonds. The highest BCUT2D eigenvalue weighted by Gasteiger charge is 2.22. The van der Waals surface area contributed by atoms with Crippen LogP contribution in [0, 0.1) is 10.1 Å². The first kappa shape index (κ1) is 10.1. The maximum absolute atomic E-state index is 11.1. The Kier molecular flexibility index (Phi) is 2.54. The van der Waals surface area contributed by atoms with E-state index in [0.29, 0.717) is 19.0 Å². The topological polar surface area (TPSA) is 97.6 Å². The van der Waals surface area contributed by atoms with Gasteiger partial charge in [0.15, 0.2) is 0 Å². The molecule has 1 aliphatic rings. The number of carbonyl (C=O) groups excluding carboxylic acids is 1. The molecule has 16 heavy (non-hydrogen) atoms. The third-order valence-corrected chi connectivity index (χ3v) is 1.97. The Balaban J connectivity index is 2.05. The van der Waals surface area contributed by atoms with E-state index in [9.17, 15) is 14.9 Å². The molecule has 2 heterocycles. The van der Waals surface area contributed by atoms with Crippen LogP contribution in [0.2, 0.25) is 0 Å². The molecule has 0 bridgehead atoms. The second kappa shape index (κ2) is 4.01. The number of nitrogens with zero attached hydrogens (tertiary/aromatic N) is 3. The van der Waals surface area contributed by atoms with E-state index in [-0.39, 0.29) is 5.69 Å². The van der Waals surface area contributed by atoms with Crippen molar-refractivity contribution in [2.45, 2.75) is 0 Å². The molecule has 0 saturated carbocycles. The molecule has 1 aromatic rings. The first-order valence-corrected chi connectivity index (χ1v) is 4.48. The van der Waals surface area contributed by atoms with Crippen molar-refractivity contribution >= 4 is 17.6 Å². The number of hydrazine groups is 1. The molecule has 0 radical (unpaired) electrons. The number of anilines is 1. The zero-order chi connectivity index (χ0) is 11.5. The van der Waals surface area contributed by atoms with Crippen LogP contribution >= 0.6 is 0 Å². The van der Waals surface area contributed by atoms with Gasteiger partial charge < -0.3 is 4.74 Å². The summed E-state index contributed by atoms with van der Waals surface area (Å²) in [5.74, 6) is 0.351. The van der Waals surface area contributed by atoms with Gasteiger partial charge in [-0.2, -0.15) is 0 Å². The van der Waals surface area contributed by atoms with Gasteiger partial charge in [0.05, 0.1) is 11.5 Å². The van der Waals surface area contributed by atoms with Crippen LogP contribution in [0.25, 0.3) is 0 Å². The SMILES string of the molecule is O=C1OCCN1Nc1ccc([N+](=O)[O-])cn1. The average Bonchev–Trinajstić information content (AvgIpc) is 2.65. The van der Waals surface area contributed by atoms with E-state index < -0.39 is 11.0 Å². The predicted octanol–water partition coefficient (Wildman–Crippen LogP) is 0.769. The van der Waals surface area contributed by atoms with E-state index in [1.54, 1.807) is 0 Å². The van der Waals surface area contributed by atoms with Crippen molar-refractivity contribution < 1.29 is 14.5 Å². The Morgan fingerprint density at radius 2 is 2.38 bits per heavy atom. The van der Waals surface area contributed by atoms with Crippen LogP contribution < -0.4 is 5.43 Å². The highest BCUT2D eigenvalue weighted by molar-refractivity contribution is 5.71. The molecule has 84 valence electrons. The summed E-state index contributed by atoms with van der Waals surface area (Å²) in [6.07, 6.45) is 0.629. The van der Waals surface area contributed by atoms with Crippen LogP contribution in [0.15, 0.2) is 18.3 Å². The van der Waals surface area contributed by atoms with Gasteiger partial charge in [-0.3, -0.25) is 15.5 Å². The highest BCUT2D eigenvalue weighted by atomic mass is 16.6. The van der Waals surface area contributed by atoms with Gasteiger partial charge >= 0.3 is 6.09 Å². The normalized spacial score (nSPS) is 14.8. The molecule has 1 aliphatic heterocycles. The fraction of sp³-hybridized carbons (Fsp3) is 0.250. The van der Waals surface area contributed by atoms with Crippen molar-refractivity contribution in [2.24, 2.45) is 0 Å². The fourth-order valence-electron chi connectivity index (χ4n) is 1.19. The average molecular weight is 224 g/mol. The number of amides is 1. The summed E-state index contributed by atoms with van der Waals surface area (Å²) in [6.45, 7) is 0.732. The van der Waals surface area contributed by atoms with E-state index in [4.69, 9.17) is 0 Å². The van der Waals surface area contributed by atoms with Crippen molar-refractivity contribution in [1.82, 2.24) is 9.99 Å². The molecule has 0 atom stereocenters. The molecule has 1 aromatic heterocycles. The summed E-state index contributed by atoms with van der Waals surface area (Å²) in [4.78, 5) is 24.7. The first-order chi connectivity index (χ1) is 7.66. The molecule has 1 fully saturated rings. The zero-order valence-electron chi connectivity index (χ0n) is 8.12. The number of aromatic nitrogens is 1. The monoisotopic (exact) mass is 224 g/mol. The number of hydrogen-bond donors (Lipinski definition) is 1. The lowest BCUT2D eigenvalue weighted by molar-refractivity contribution is -0.385. The number of cyclic esters (lactones) is 1. The zero-order valence-corrected chi connectivity index (χ0v) is 8.12. The Morgan fingerprint density at radius 3 is 2.88 bits per heavy atom. The van der Waals surface area contributed by atoms with Crippen LogP contribution in [0.4, 0.5) is 16.3 Å². The van der Waals surface area contributed by atoms with Gasteiger partial charge in [0.2, 0.25) is 0 Å². The van der Waals surface area contributed by atoms with Gasteiger partial charge in [-0.1, -0.05) is 0 Å². The van der Waals surface area contributed by atoms with Crippen molar-refractivity contribution in [2.75, 3.05) is 18.6 Å². The van der Waals surface area contributed by atoms with Crippen LogP contribution in [0.5, 0.6) is 0 Å². The quantitative estimate of drug-likeness (QED) is 0.601. The van der Waals surface area contributed by atoms with Gasteiger partial charge in [0.25, 0.3) is 5.69 Å². The lowest BCUT2D eigenvalue weighted by Gasteiger charge is -2.13. The number of rotatable bonds is 3. The third-order valence-electron chi connectivity index (χ3n) is 1.97. The number of pyridine rings is 1. The van der Waals surface area contributed by atoms with Crippen molar-refractivity contribution in [1.29, 1.82) is 0 Å². The third kappa shape index (κ3) is 2.00. The standard InChI is InChI=1S/C8H8N4O4/c13-8-11(3-4-16-8)10-7-2-1-6(5-9-7)12(14)15/h1-2,5H,3-4H2,(H,9,10). The Hall–Kier alpha value is -2.38. The molecule has 0 aromatic carbocycles. The fourth-order valence-corrected chi connectivity index (χ4v) is 1.19. The molecule has 0 aliphatic carbocycles. The van der Waals surface area contributed by atoms with Crippen LogP contribution in [-0.4, -0.2) is 34.2 Å². The number of carbonyl (C=O) groups is 1. The largest absolute Gasteiger partial charge is 0.446 e. The lowest BCUT2D eigenvalue weighted by Crippen LogP contribution is -2.30. The maximum Gasteiger partial charge on any atom is 0.428 e. The van der Waals surface area contributed by atoms with Crippen LogP contribution in [0.1, 0.15) is 0 Å². The minimum atomic E-state index is -0.541. The van der Waals surface area contributed by atoms with E-state index >= 15 is 0 Å². The molecule has 8 nitrogen and oxygen atoms in total. The minimum absolute atomic E-state index is 0.102. The molecular weight excluding hydrogens is 216 g/mol. The van der Waals surface area contributed by atoms with Crippen molar-refractivity contribution in [3.05, 3.63) is 28.4 Å². The Morgan fingerprint density at radius 1 is 1.56 bits per heavy atom. The summed E-state index contributed by atoms with van der Waals surface area (Å²) in [5, 5.41) is 11.6. The van der Waals surface area contributed by atoms with Crippen molar-refractivity contribution in [3.8, 4) is 0 Å². The minimum Gasteiger partial charge on any atom is -0.446 e.